The fraction of sp³-hybridized carbons (Fsp3) is 0.545. The number of nitrogens with zero attached hydrogens (tertiary/aromatic N) is 3. The van der Waals surface area contributed by atoms with Crippen molar-refractivity contribution in [2.45, 2.75) is 37.1 Å². The zero-order valence-corrected chi connectivity index (χ0v) is 19.6. The molecule has 2 unspecified atom stereocenters. The smallest absolute Gasteiger partial charge is 0.328 e. The van der Waals surface area contributed by atoms with Crippen molar-refractivity contribution < 1.29 is 28.3 Å². The summed E-state index contributed by atoms with van der Waals surface area (Å²) in [6.45, 7) is 2.41. The van der Waals surface area contributed by atoms with Crippen LogP contribution in [0.5, 0.6) is 0 Å². The average molecular weight is 477 g/mol. The molecule has 1 fully saturated rings. The molecule has 11 heteroatoms. The van der Waals surface area contributed by atoms with Crippen LogP contribution in [0.1, 0.15) is 31.0 Å². The molecular formula is C22H28N4O6S. The molecule has 3 rings (SSSR count). The van der Waals surface area contributed by atoms with Gasteiger partial charge in [-0.15, -0.1) is 0 Å². The van der Waals surface area contributed by atoms with Gasteiger partial charge in [0.2, 0.25) is 0 Å². The Hall–Kier alpha value is -2.83. The molecule has 0 radical (unpaired) electrons. The molecule has 0 aliphatic carbocycles. The number of fused-ring (bicyclic) bond motifs is 1. The van der Waals surface area contributed by atoms with E-state index in [0.29, 0.717) is 11.3 Å². The number of likely N-dealkylation sites (N-methyl/N-ethyl adjacent to an activating group) is 1. The van der Waals surface area contributed by atoms with Crippen LogP contribution in [0.4, 0.5) is 4.79 Å². The van der Waals surface area contributed by atoms with Gasteiger partial charge in [-0.3, -0.25) is 19.5 Å². The summed E-state index contributed by atoms with van der Waals surface area (Å²) in [6, 6.07) is 1.57. The van der Waals surface area contributed by atoms with E-state index in [0.717, 1.165) is 19.2 Å². The Bertz CT molecular complexity index is 1170. The maximum Gasteiger partial charge on any atom is 0.328 e. The number of sulfone groups is 1. The van der Waals surface area contributed by atoms with E-state index >= 15 is 0 Å². The molecular weight excluding hydrogens is 448 g/mol. The van der Waals surface area contributed by atoms with Crippen molar-refractivity contribution in [3.05, 3.63) is 23.5 Å². The second kappa shape index (κ2) is 9.57. The van der Waals surface area contributed by atoms with E-state index in [1.54, 1.807) is 12.3 Å². The van der Waals surface area contributed by atoms with E-state index in [1.807, 2.05) is 7.05 Å². The van der Waals surface area contributed by atoms with E-state index in [9.17, 15) is 23.1 Å². The fourth-order valence-corrected chi connectivity index (χ4v) is 4.88. The number of aliphatic hydroxyl groups excluding tert-OH is 1. The molecule has 3 heterocycles. The van der Waals surface area contributed by atoms with Gasteiger partial charge < -0.3 is 10.0 Å². The summed E-state index contributed by atoms with van der Waals surface area (Å²) >= 11 is 0. The van der Waals surface area contributed by atoms with Gasteiger partial charge in [0.25, 0.3) is 5.91 Å². The van der Waals surface area contributed by atoms with Gasteiger partial charge in [0.1, 0.15) is 0 Å². The molecule has 0 saturated carbocycles. The lowest BCUT2D eigenvalue weighted by molar-refractivity contribution is -0.131. The number of amides is 2. The number of nitrogens with one attached hydrogen (secondary N) is 1. The van der Waals surface area contributed by atoms with Crippen molar-refractivity contribution >= 4 is 21.8 Å². The minimum atomic E-state index is -3.84. The fourth-order valence-electron chi connectivity index (χ4n) is 4.04. The van der Waals surface area contributed by atoms with E-state index in [1.165, 1.54) is 21.9 Å². The quantitative estimate of drug-likeness (QED) is 0.290. The largest absolute Gasteiger partial charge is 0.395 e. The zero-order valence-electron chi connectivity index (χ0n) is 18.8. The molecule has 1 aromatic rings. The van der Waals surface area contributed by atoms with Crippen LogP contribution in [0.3, 0.4) is 0 Å². The molecule has 0 spiro atoms. The lowest BCUT2D eigenvalue weighted by Crippen LogP contribution is -2.50. The Morgan fingerprint density at radius 3 is 2.67 bits per heavy atom. The normalized spacial score (nSPS) is 22.1. The first-order chi connectivity index (χ1) is 15.5. The number of carbonyl (C=O) groups excluding carboxylic acids is 2. The van der Waals surface area contributed by atoms with Crippen molar-refractivity contribution in [1.82, 2.24) is 19.8 Å². The average Bonchev–Trinajstić information content (AvgIpc) is 3.41. The highest BCUT2D eigenvalue weighted by Crippen LogP contribution is 2.25. The van der Waals surface area contributed by atoms with Gasteiger partial charge in [-0.1, -0.05) is 11.8 Å². The third-order valence-corrected chi connectivity index (χ3v) is 8.46. The summed E-state index contributed by atoms with van der Waals surface area (Å²) in [4.78, 5) is 28.2. The SMILES string of the molecule is CN1CC(C#CC#Cc2cc3n(c2)C(=O)N(CCC(C)(C(=O)NO)S(C)(=O)=O)C3)C[C@@H]1CO. The van der Waals surface area contributed by atoms with Crippen LogP contribution in [0.2, 0.25) is 0 Å². The van der Waals surface area contributed by atoms with Crippen molar-refractivity contribution in [3.8, 4) is 23.7 Å². The van der Waals surface area contributed by atoms with Crippen LogP contribution in [0, 0.1) is 29.6 Å². The van der Waals surface area contributed by atoms with Crippen LogP contribution in [0.15, 0.2) is 12.3 Å². The van der Waals surface area contributed by atoms with Crippen molar-refractivity contribution in [2.24, 2.45) is 5.92 Å². The van der Waals surface area contributed by atoms with E-state index in [2.05, 4.69) is 28.6 Å². The van der Waals surface area contributed by atoms with Gasteiger partial charge in [0, 0.05) is 48.8 Å². The molecule has 3 atom stereocenters. The van der Waals surface area contributed by atoms with Crippen LogP contribution < -0.4 is 5.48 Å². The standard InChI is InChI=1S/C22H28N4O6S/c1-22(20(28)23-30,33(3,31)32)8-9-25-14-18-10-17(13-26(18)21(25)29)7-5-4-6-16-11-19(15-27)24(2)12-16/h10,13,16,19,27,30H,8-9,11-12,14-15H2,1-3H3,(H,23,28)/t16?,19-,22?/m1/s1. The summed E-state index contributed by atoms with van der Waals surface area (Å²) in [5.41, 5.74) is 2.75. The lowest BCUT2D eigenvalue weighted by atomic mass is 10.1. The lowest BCUT2D eigenvalue weighted by Gasteiger charge is -2.27. The molecule has 33 heavy (non-hydrogen) atoms. The Morgan fingerprint density at radius 1 is 1.36 bits per heavy atom. The van der Waals surface area contributed by atoms with Gasteiger partial charge in [-0.05, 0) is 44.7 Å². The highest BCUT2D eigenvalue weighted by molar-refractivity contribution is 7.92. The molecule has 2 amide bonds. The van der Waals surface area contributed by atoms with Gasteiger partial charge in [0.05, 0.1) is 13.2 Å². The summed E-state index contributed by atoms with van der Waals surface area (Å²) in [7, 11) is -1.88. The number of hydrogen-bond acceptors (Lipinski definition) is 7. The van der Waals surface area contributed by atoms with E-state index < -0.39 is 20.5 Å². The monoisotopic (exact) mass is 476 g/mol. The number of carbonyl (C=O) groups is 2. The number of aliphatic hydroxyl groups is 1. The molecule has 0 aromatic carbocycles. The summed E-state index contributed by atoms with van der Waals surface area (Å²) in [5.74, 6) is 10.8. The first-order valence-corrected chi connectivity index (χ1v) is 12.4. The summed E-state index contributed by atoms with van der Waals surface area (Å²) in [6.07, 6.45) is 3.17. The van der Waals surface area contributed by atoms with Crippen molar-refractivity contribution in [3.63, 3.8) is 0 Å². The van der Waals surface area contributed by atoms with Gasteiger partial charge >= 0.3 is 6.03 Å². The van der Waals surface area contributed by atoms with E-state index in [-0.39, 0.29) is 44.1 Å². The summed E-state index contributed by atoms with van der Waals surface area (Å²) < 4.78 is 23.8. The first-order valence-electron chi connectivity index (χ1n) is 10.5. The van der Waals surface area contributed by atoms with Crippen molar-refractivity contribution in [1.29, 1.82) is 0 Å². The third kappa shape index (κ3) is 5.07. The predicted molar refractivity (Wildman–Crippen MR) is 120 cm³/mol. The molecule has 2 aliphatic rings. The molecule has 3 N–H and O–H groups in total. The Kier molecular flexibility index (Phi) is 7.20. The van der Waals surface area contributed by atoms with Crippen LogP contribution >= 0.6 is 0 Å². The third-order valence-electron chi connectivity index (χ3n) is 6.43. The van der Waals surface area contributed by atoms with Crippen LogP contribution in [0.25, 0.3) is 0 Å². The zero-order chi connectivity index (χ0) is 24.4. The van der Waals surface area contributed by atoms with Gasteiger partial charge in [0.15, 0.2) is 14.6 Å². The van der Waals surface area contributed by atoms with Crippen molar-refractivity contribution in [2.75, 3.05) is 33.0 Å². The molecule has 2 aliphatic heterocycles. The predicted octanol–water partition coefficient (Wildman–Crippen LogP) is -0.362. The topological polar surface area (TPSA) is 132 Å². The second-order valence-electron chi connectivity index (χ2n) is 8.72. The first kappa shape index (κ1) is 24.8. The van der Waals surface area contributed by atoms with Crippen LogP contribution in [-0.4, -0.2) is 88.8 Å². The Morgan fingerprint density at radius 2 is 2.09 bits per heavy atom. The molecule has 10 nitrogen and oxygen atoms in total. The number of hydrogen-bond donors (Lipinski definition) is 3. The Balaban J connectivity index is 1.62. The second-order valence-corrected chi connectivity index (χ2v) is 11.2. The highest BCUT2D eigenvalue weighted by atomic mass is 32.2. The summed E-state index contributed by atoms with van der Waals surface area (Å²) in [5, 5.41) is 18.2. The molecule has 1 saturated heterocycles. The number of aromatic nitrogens is 1. The maximum atomic E-state index is 12.7. The molecule has 0 bridgehead atoms. The minimum absolute atomic E-state index is 0.0225. The van der Waals surface area contributed by atoms with E-state index in [4.69, 9.17) is 5.21 Å². The molecule has 1 aromatic heterocycles. The van der Waals surface area contributed by atoms with Gasteiger partial charge in [-0.25, -0.2) is 18.7 Å². The maximum absolute atomic E-state index is 12.7. The van der Waals surface area contributed by atoms with Gasteiger partial charge in [-0.2, -0.15) is 0 Å². The number of rotatable bonds is 6. The molecule has 178 valence electrons. The number of hydroxylamine groups is 1. The highest BCUT2D eigenvalue weighted by Gasteiger charge is 2.44. The minimum Gasteiger partial charge on any atom is -0.395 e. The Labute approximate surface area is 193 Å². The van der Waals surface area contributed by atoms with Crippen LogP contribution in [-0.2, 0) is 21.2 Å². The number of likely N-dealkylation sites (tertiary alicyclic amines) is 1.